The first-order valence-electron chi connectivity index (χ1n) is 9.03. The van der Waals surface area contributed by atoms with Crippen LogP contribution in [0, 0.1) is 0 Å². The molecule has 0 radical (unpaired) electrons. The van der Waals surface area contributed by atoms with Gasteiger partial charge in [-0.25, -0.2) is 4.98 Å². The third kappa shape index (κ3) is 4.49. The second kappa shape index (κ2) is 9.11. The highest BCUT2D eigenvalue weighted by Crippen LogP contribution is 2.36. The van der Waals surface area contributed by atoms with Crippen molar-refractivity contribution < 1.29 is 19.0 Å². The van der Waals surface area contributed by atoms with Gasteiger partial charge in [0.25, 0.3) is 5.91 Å². The summed E-state index contributed by atoms with van der Waals surface area (Å²) in [7, 11) is 4.99. The lowest BCUT2D eigenvalue weighted by molar-refractivity contribution is 0.0949. The van der Waals surface area contributed by atoms with Crippen molar-refractivity contribution in [3.8, 4) is 23.0 Å². The lowest BCUT2D eigenvalue weighted by Crippen LogP contribution is -2.24. The van der Waals surface area contributed by atoms with Crippen LogP contribution in [-0.2, 0) is 20.1 Å². The average molecular weight is 396 g/mol. The van der Waals surface area contributed by atoms with E-state index in [-0.39, 0.29) is 12.5 Å². The Morgan fingerprint density at radius 1 is 1.10 bits per heavy atom. The Hall–Kier alpha value is -3.52. The van der Waals surface area contributed by atoms with Gasteiger partial charge in [-0.3, -0.25) is 4.79 Å². The number of imidazole rings is 1. The summed E-state index contributed by atoms with van der Waals surface area (Å²) < 4.78 is 18.6. The molecule has 0 bridgehead atoms. The maximum Gasteiger partial charge on any atom is 0.251 e. The molecule has 0 aliphatic heterocycles. The number of rotatable bonds is 8. The standard InChI is InChI=1S/C21H24N4O4/c1-25-10-9-23-20(25)13-24-21(26)14-7-8-18(28-3)19(11-14)29-17-6-4-5-16(27-2)15(17)12-22/h4-11H,12-13,22H2,1-3H3,(H,24,26). The Morgan fingerprint density at radius 3 is 2.52 bits per heavy atom. The van der Waals surface area contributed by atoms with Gasteiger partial charge in [0.2, 0.25) is 0 Å². The number of carbonyl (C=O) groups excluding carboxylic acids is 1. The van der Waals surface area contributed by atoms with Gasteiger partial charge in [0.05, 0.1) is 26.3 Å². The minimum absolute atomic E-state index is 0.242. The summed E-state index contributed by atoms with van der Waals surface area (Å²) in [5.41, 5.74) is 7.03. The predicted octanol–water partition coefficient (Wildman–Crippen LogP) is 2.62. The second-order valence-corrected chi connectivity index (χ2v) is 6.25. The van der Waals surface area contributed by atoms with E-state index in [0.29, 0.717) is 35.1 Å². The number of aryl methyl sites for hydroxylation is 1. The lowest BCUT2D eigenvalue weighted by Gasteiger charge is -2.16. The molecule has 0 aliphatic carbocycles. The summed E-state index contributed by atoms with van der Waals surface area (Å²) in [5, 5.41) is 2.85. The molecule has 2 aromatic carbocycles. The van der Waals surface area contributed by atoms with E-state index in [1.807, 2.05) is 29.9 Å². The number of nitrogens with one attached hydrogen (secondary N) is 1. The van der Waals surface area contributed by atoms with Crippen LogP contribution in [0.15, 0.2) is 48.8 Å². The molecule has 0 atom stereocenters. The minimum Gasteiger partial charge on any atom is -0.496 e. The molecule has 8 heteroatoms. The molecule has 0 spiro atoms. The monoisotopic (exact) mass is 396 g/mol. The number of hydrogen-bond donors (Lipinski definition) is 2. The summed E-state index contributed by atoms with van der Waals surface area (Å²) in [6, 6.07) is 10.4. The van der Waals surface area contributed by atoms with Crippen molar-refractivity contribution in [1.82, 2.24) is 14.9 Å². The Balaban J connectivity index is 1.84. The fourth-order valence-corrected chi connectivity index (χ4v) is 2.88. The van der Waals surface area contributed by atoms with Crippen LogP contribution < -0.4 is 25.3 Å². The van der Waals surface area contributed by atoms with Crippen LogP contribution in [0.2, 0.25) is 0 Å². The van der Waals surface area contributed by atoms with Crippen molar-refractivity contribution in [3.05, 3.63) is 65.7 Å². The summed E-state index contributed by atoms with van der Waals surface area (Å²) in [6.07, 6.45) is 3.51. The highest BCUT2D eigenvalue weighted by Gasteiger charge is 2.15. The molecule has 1 amide bonds. The predicted molar refractivity (Wildman–Crippen MR) is 108 cm³/mol. The average Bonchev–Trinajstić information content (AvgIpc) is 3.16. The molecular formula is C21H24N4O4. The topological polar surface area (TPSA) is 101 Å². The van der Waals surface area contributed by atoms with E-state index < -0.39 is 0 Å². The Morgan fingerprint density at radius 2 is 1.86 bits per heavy atom. The van der Waals surface area contributed by atoms with Crippen LogP contribution in [0.5, 0.6) is 23.0 Å². The molecule has 0 unspecified atom stereocenters. The first-order chi connectivity index (χ1) is 14.1. The molecule has 0 fully saturated rings. The van der Waals surface area contributed by atoms with Crippen LogP contribution in [-0.4, -0.2) is 29.7 Å². The van der Waals surface area contributed by atoms with E-state index in [4.69, 9.17) is 19.9 Å². The van der Waals surface area contributed by atoms with Gasteiger partial charge in [0, 0.05) is 31.5 Å². The van der Waals surface area contributed by atoms with Crippen molar-refractivity contribution in [2.75, 3.05) is 14.2 Å². The number of aromatic nitrogens is 2. The zero-order valence-electron chi connectivity index (χ0n) is 16.6. The summed E-state index contributed by atoms with van der Waals surface area (Å²) >= 11 is 0. The molecule has 3 N–H and O–H groups in total. The molecule has 8 nitrogen and oxygen atoms in total. The van der Waals surface area contributed by atoms with E-state index in [2.05, 4.69) is 10.3 Å². The van der Waals surface area contributed by atoms with E-state index in [1.54, 1.807) is 44.7 Å². The number of hydrogen-bond acceptors (Lipinski definition) is 6. The SMILES string of the molecule is COc1ccc(C(=O)NCc2nccn2C)cc1Oc1cccc(OC)c1CN. The summed E-state index contributed by atoms with van der Waals surface area (Å²) in [4.78, 5) is 16.8. The van der Waals surface area contributed by atoms with Crippen molar-refractivity contribution in [2.45, 2.75) is 13.1 Å². The van der Waals surface area contributed by atoms with Gasteiger partial charge in [-0.15, -0.1) is 0 Å². The van der Waals surface area contributed by atoms with Gasteiger partial charge in [-0.05, 0) is 30.3 Å². The molecular weight excluding hydrogens is 372 g/mol. The minimum atomic E-state index is -0.245. The van der Waals surface area contributed by atoms with Crippen molar-refractivity contribution in [2.24, 2.45) is 12.8 Å². The summed E-state index contributed by atoms with van der Waals surface area (Å²) in [5.74, 6) is 2.58. The highest BCUT2D eigenvalue weighted by atomic mass is 16.5. The fourth-order valence-electron chi connectivity index (χ4n) is 2.88. The van der Waals surface area contributed by atoms with E-state index >= 15 is 0 Å². The first kappa shape index (κ1) is 20.2. The van der Waals surface area contributed by atoms with Gasteiger partial charge in [0.15, 0.2) is 11.5 Å². The fraction of sp³-hybridized carbons (Fsp3) is 0.238. The van der Waals surface area contributed by atoms with Crippen LogP contribution in [0.25, 0.3) is 0 Å². The van der Waals surface area contributed by atoms with Crippen molar-refractivity contribution in [1.29, 1.82) is 0 Å². The number of amides is 1. The zero-order chi connectivity index (χ0) is 20.8. The van der Waals surface area contributed by atoms with Crippen LogP contribution in [0.3, 0.4) is 0 Å². The molecule has 152 valence electrons. The molecule has 3 aromatic rings. The van der Waals surface area contributed by atoms with Crippen molar-refractivity contribution >= 4 is 5.91 Å². The van der Waals surface area contributed by atoms with Gasteiger partial charge in [0.1, 0.15) is 17.3 Å². The number of methoxy groups -OCH3 is 2. The molecule has 3 rings (SSSR count). The number of nitrogens with zero attached hydrogens (tertiary/aromatic N) is 2. The number of benzene rings is 2. The zero-order valence-corrected chi connectivity index (χ0v) is 16.6. The van der Waals surface area contributed by atoms with Crippen molar-refractivity contribution in [3.63, 3.8) is 0 Å². The van der Waals surface area contributed by atoms with E-state index in [9.17, 15) is 4.79 Å². The number of nitrogens with two attached hydrogens (primary N) is 1. The first-order valence-corrected chi connectivity index (χ1v) is 9.03. The second-order valence-electron chi connectivity index (χ2n) is 6.25. The highest BCUT2D eigenvalue weighted by molar-refractivity contribution is 5.94. The maximum atomic E-state index is 12.6. The van der Waals surface area contributed by atoms with Gasteiger partial charge in [-0.1, -0.05) is 6.07 Å². The Labute approximate surface area is 169 Å². The van der Waals surface area contributed by atoms with Crippen LogP contribution in [0.4, 0.5) is 0 Å². The van der Waals surface area contributed by atoms with Crippen LogP contribution in [0.1, 0.15) is 21.7 Å². The summed E-state index contributed by atoms with van der Waals surface area (Å²) in [6.45, 7) is 0.559. The molecule has 1 aromatic heterocycles. The molecule has 0 saturated carbocycles. The third-order valence-electron chi connectivity index (χ3n) is 4.49. The van der Waals surface area contributed by atoms with E-state index in [1.165, 1.54) is 0 Å². The molecule has 0 saturated heterocycles. The van der Waals surface area contributed by atoms with Crippen LogP contribution >= 0.6 is 0 Å². The molecule has 0 aliphatic rings. The normalized spacial score (nSPS) is 10.5. The smallest absolute Gasteiger partial charge is 0.251 e. The van der Waals surface area contributed by atoms with E-state index in [0.717, 1.165) is 11.4 Å². The quantitative estimate of drug-likeness (QED) is 0.607. The van der Waals surface area contributed by atoms with Gasteiger partial charge < -0.3 is 29.8 Å². The Bertz CT molecular complexity index is 1000. The third-order valence-corrected chi connectivity index (χ3v) is 4.49. The maximum absolute atomic E-state index is 12.6. The number of ether oxygens (including phenoxy) is 3. The molecule has 1 heterocycles. The lowest BCUT2D eigenvalue weighted by atomic mass is 10.1. The largest absolute Gasteiger partial charge is 0.496 e. The molecule has 29 heavy (non-hydrogen) atoms. The van der Waals surface area contributed by atoms with Gasteiger partial charge in [-0.2, -0.15) is 0 Å². The Kier molecular flexibility index (Phi) is 6.36. The van der Waals surface area contributed by atoms with Gasteiger partial charge >= 0.3 is 0 Å². The number of carbonyl (C=O) groups is 1.